The van der Waals surface area contributed by atoms with E-state index in [-0.39, 0.29) is 127 Å². The molecule has 0 saturated heterocycles. The van der Waals surface area contributed by atoms with Gasteiger partial charge in [0, 0.05) is 16.8 Å². The van der Waals surface area contributed by atoms with Crippen molar-refractivity contribution in [2.24, 2.45) is 25.4 Å². The Balaban J connectivity index is 0.00000449. The summed E-state index contributed by atoms with van der Waals surface area (Å²) in [4.78, 5) is 28.2. The minimum Gasteiger partial charge on any atom is -0.872 e. The van der Waals surface area contributed by atoms with Crippen molar-refractivity contribution in [3.05, 3.63) is 132 Å². The van der Waals surface area contributed by atoms with E-state index in [0.717, 1.165) is 42.5 Å². The Kier molecular flexibility index (Phi) is 16.9. The van der Waals surface area contributed by atoms with Crippen molar-refractivity contribution in [2.75, 3.05) is 16.0 Å². The number of aromatic hydroxyl groups is 2. The molecule has 0 aliphatic carbocycles. The number of phenols is 2. The zero-order chi connectivity index (χ0) is 44.8. The van der Waals surface area contributed by atoms with Gasteiger partial charge in [-0.25, -0.2) is 0 Å². The van der Waals surface area contributed by atoms with E-state index in [1.165, 1.54) is 78.9 Å². The number of anilines is 3. The molecule has 316 valence electrons. The van der Waals surface area contributed by atoms with E-state index in [4.69, 9.17) is 0 Å². The van der Waals surface area contributed by atoms with Gasteiger partial charge in [-0.15, -0.1) is 21.7 Å². The quantitative estimate of drug-likeness (QED) is 0.0276. The van der Waals surface area contributed by atoms with E-state index in [1.807, 2.05) is 0 Å². The molecule has 0 aliphatic heterocycles. The van der Waals surface area contributed by atoms with Crippen molar-refractivity contribution in [2.45, 2.75) is 9.79 Å². The van der Waals surface area contributed by atoms with Crippen LogP contribution in [0.5, 0.6) is 23.0 Å². The van der Waals surface area contributed by atoms with Gasteiger partial charge in [0.05, 0.1) is 28.4 Å². The monoisotopic (exact) mass is 926 g/mol. The summed E-state index contributed by atoms with van der Waals surface area (Å²) >= 11 is 0. The number of nitrogens with zero attached hydrogens (tertiary/aromatic N) is 5. The van der Waals surface area contributed by atoms with Crippen molar-refractivity contribution >= 4 is 83.6 Å². The second-order valence-electron chi connectivity index (χ2n) is 12.6. The average Bonchev–Trinajstić information content (AvgIpc) is 3.21. The summed E-state index contributed by atoms with van der Waals surface area (Å²) in [5.74, 6) is -3.20. The van der Waals surface area contributed by atoms with Crippen LogP contribution in [0.1, 0.15) is 20.7 Å². The molecule has 0 bridgehead atoms. The van der Waals surface area contributed by atoms with Crippen LogP contribution in [0.3, 0.4) is 0 Å². The van der Waals surface area contributed by atoms with Crippen molar-refractivity contribution in [1.29, 1.82) is 0 Å². The fraction of sp³-hybridized carbons (Fsp3) is 0. The van der Waals surface area contributed by atoms with Gasteiger partial charge in [-0.05, 0) is 109 Å². The summed E-state index contributed by atoms with van der Waals surface area (Å²) in [7, 11) is -10.0. The number of amides is 2. The number of carbonyl (C=O) groups is 2. The molecule has 0 heterocycles. The number of aliphatic imine (C=N–C) groups is 1. The van der Waals surface area contributed by atoms with Gasteiger partial charge >= 0.3 is 59.1 Å². The maximum absolute atomic E-state index is 13.0. The van der Waals surface area contributed by atoms with Crippen molar-refractivity contribution in [3.8, 4) is 23.0 Å². The maximum atomic E-state index is 13.0. The Hall–Kier alpha value is -6.25. The Morgan fingerprint density at radius 2 is 0.906 bits per heavy atom. The number of benzene rings is 6. The number of hydrogen-bond acceptors (Lipinski definition) is 15. The molecule has 0 aliphatic rings. The molecule has 2 amide bonds. The number of hydrogen-bond donors (Lipinski definition) is 8. The normalized spacial score (nSPS) is 11.7. The largest absolute Gasteiger partial charge is 1.00 e. The number of phenolic OH excluding ortho intramolecular Hbond substituents is 2. The molecule has 0 spiro atoms. The number of aliphatic hydroxyl groups excluding tert-OH is 1. The molecule has 6 aromatic carbocycles. The molecule has 0 aromatic heterocycles. The second kappa shape index (κ2) is 21.4. The van der Waals surface area contributed by atoms with Crippen LogP contribution < -0.4 is 85.3 Å². The first-order valence-corrected chi connectivity index (χ1v) is 20.1. The van der Waals surface area contributed by atoms with E-state index in [2.05, 4.69) is 41.4 Å². The van der Waals surface area contributed by atoms with Gasteiger partial charge in [0.2, 0.25) is 0 Å². The molecular weight excluding hydrogens is 899 g/mol. The summed E-state index contributed by atoms with van der Waals surface area (Å²) in [6, 6.07) is 23.0. The van der Waals surface area contributed by atoms with Gasteiger partial charge in [-0.3, -0.25) is 18.7 Å². The van der Waals surface area contributed by atoms with E-state index in [9.17, 15) is 61.1 Å². The fourth-order valence-electron chi connectivity index (χ4n) is 5.24. The molecule has 25 heteroatoms. The van der Waals surface area contributed by atoms with Gasteiger partial charge < -0.3 is 41.5 Å². The molecule has 6 rings (SSSR count). The predicted octanol–water partition coefficient (Wildman–Crippen LogP) is 0.739. The molecule has 0 saturated carbocycles. The number of azo groups is 2. The van der Waals surface area contributed by atoms with Crippen LogP contribution in [0.15, 0.2) is 157 Å². The standard InChI is InChI=1S/C39H30N8O13S2.2Na/c48-27-11-15-29(33(50)19-27)46-44-23-5-1-21(2-6-23)37(52)42-31-13-9-25(17-35(31)61(55,56)57)40-39(54)41-26-10-14-32(36(18-26)62(58,59)60)43-38(53)22-3-7-24(8-4-22)45-47-30-16-12-28(49)20-34(30)51;;/h1-20,48-51H,(H,42,52)(H,43,53)(H2,40,41,54)(H,55,56,57)(H,58,59,60);;/q;2*+1/p-2. The molecular formula is C39H28N8Na2O13S2. The summed E-state index contributed by atoms with van der Waals surface area (Å²) in [6.45, 7) is 0. The van der Waals surface area contributed by atoms with Gasteiger partial charge in [0.25, 0.3) is 38.1 Å². The zero-order valence-electron chi connectivity index (χ0n) is 33.1. The smallest absolute Gasteiger partial charge is 0.872 e. The number of rotatable bonds is 12. The Labute approximate surface area is 407 Å². The van der Waals surface area contributed by atoms with E-state index >= 15 is 0 Å². The summed E-state index contributed by atoms with van der Waals surface area (Å²) in [5, 5.41) is 75.4. The van der Waals surface area contributed by atoms with E-state index < -0.39 is 59.4 Å². The van der Waals surface area contributed by atoms with Crippen LogP contribution in [0.25, 0.3) is 0 Å². The van der Waals surface area contributed by atoms with Crippen molar-refractivity contribution in [1.82, 2.24) is 0 Å². The Morgan fingerprint density at radius 1 is 0.500 bits per heavy atom. The van der Waals surface area contributed by atoms with Crippen LogP contribution in [0.2, 0.25) is 0 Å². The van der Waals surface area contributed by atoms with Crippen LogP contribution >= 0.6 is 0 Å². The molecule has 6 aromatic rings. The van der Waals surface area contributed by atoms with Gasteiger partial charge in [-0.1, -0.05) is 12.1 Å². The van der Waals surface area contributed by atoms with Crippen LogP contribution in [0.4, 0.5) is 45.5 Å². The minimum atomic E-state index is -5.01. The maximum Gasteiger partial charge on any atom is 1.00 e. The molecule has 64 heavy (non-hydrogen) atoms. The van der Waals surface area contributed by atoms with Crippen LogP contribution in [-0.2, 0) is 20.2 Å². The van der Waals surface area contributed by atoms with Gasteiger partial charge in [0.1, 0.15) is 32.7 Å². The Bertz CT molecular complexity index is 3050. The molecule has 8 N–H and O–H groups in total. The third kappa shape index (κ3) is 13.4. The first-order valence-electron chi connectivity index (χ1n) is 17.3. The zero-order valence-corrected chi connectivity index (χ0v) is 38.7. The second-order valence-corrected chi connectivity index (χ2v) is 15.4. The van der Waals surface area contributed by atoms with E-state index in [1.54, 1.807) is 0 Å². The molecule has 0 radical (unpaired) electrons. The first-order chi connectivity index (χ1) is 29.3. The van der Waals surface area contributed by atoms with Crippen LogP contribution in [-0.4, -0.2) is 59.1 Å². The molecule has 0 fully saturated rings. The first kappa shape index (κ1) is 50.4. The predicted molar refractivity (Wildman–Crippen MR) is 218 cm³/mol. The van der Waals surface area contributed by atoms with Crippen molar-refractivity contribution < 1.29 is 120 Å². The molecule has 21 nitrogen and oxygen atoms in total. The topological polar surface area (TPSA) is 348 Å². The number of carbonyl (C=O) groups excluding carboxylic acids is 2. The molecule has 0 atom stereocenters. The summed E-state index contributed by atoms with van der Waals surface area (Å²) < 4.78 is 69.1. The summed E-state index contributed by atoms with van der Waals surface area (Å²) in [6.07, 6.45) is 0. The molecule has 0 unspecified atom stereocenters. The minimum absolute atomic E-state index is 0. The third-order valence-electron chi connectivity index (χ3n) is 8.19. The SMILES string of the molecule is O=C(Nc1ccc(N=C(O)Nc2ccc(NC(=O)c3ccc(N=Nc4ccc([O-])cc4O)cc3)c(S(=O)(=O)O)c2)cc1S(=O)(=O)O)c1ccc(N=Nc2ccc([O-])cc2O)cc1.[Na+].[Na+]. The van der Waals surface area contributed by atoms with Gasteiger partial charge in [0.15, 0.2) is 0 Å². The fourth-order valence-corrected chi connectivity index (χ4v) is 6.58. The average molecular weight is 927 g/mol. The number of nitrogens with one attached hydrogen (secondary N) is 3. The van der Waals surface area contributed by atoms with Gasteiger partial charge in [-0.2, -0.15) is 32.1 Å². The summed E-state index contributed by atoms with van der Waals surface area (Å²) in [5.41, 5.74) is -0.527. The van der Waals surface area contributed by atoms with Crippen LogP contribution in [0, 0.1) is 0 Å². The number of aliphatic hydroxyl groups is 1. The van der Waals surface area contributed by atoms with E-state index in [0.29, 0.717) is 0 Å². The van der Waals surface area contributed by atoms with Crippen molar-refractivity contribution in [3.63, 3.8) is 0 Å². The Morgan fingerprint density at radius 3 is 1.33 bits per heavy atom. The number of amidine groups is 1. The third-order valence-corrected chi connectivity index (χ3v) is 9.98.